The average molecular weight is 259 g/mol. The standard InChI is InChI=1S/C15H17NO3/c1-2-11-5-3-4-6-12(11)9-16-10-13-7-8-19-14(13)15(17)18/h3-8,16H,2,9-10H2,1H3,(H,17,18). The largest absolute Gasteiger partial charge is 0.475 e. The van der Waals surface area contributed by atoms with Crippen molar-refractivity contribution in [3.63, 3.8) is 0 Å². The number of carboxylic acids is 1. The van der Waals surface area contributed by atoms with Crippen LogP contribution in [0.25, 0.3) is 0 Å². The van der Waals surface area contributed by atoms with Crippen LogP contribution in [-0.2, 0) is 19.5 Å². The summed E-state index contributed by atoms with van der Waals surface area (Å²) >= 11 is 0. The van der Waals surface area contributed by atoms with Crippen LogP contribution in [0.4, 0.5) is 0 Å². The maximum absolute atomic E-state index is 10.9. The number of carboxylic acid groups (broad SMARTS) is 1. The van der Waals surface area contributed by atoms with Gasteiger partial charge in [-0.2, -0.15) is 0 Å². The number of aryl methyl sites for hydroxylation is 1. The Labute approximate surface area is 112 Å². The zero-order valence-electron chi connectivity index (χ0n) is 10.8. The Hall–Kier alpha value is -2.07. The van der Waals surface area contributed by atoms with E-state index in [9.17, 15) is 4.79 Å². The second-order valence-electron chi connectivity index (χ2n) is 4.31. The van der Waals surface area contributed by atoms with Gasteiger partial charge in [-0.05, 0) is 23.6 Å². The van der Waals surface area contributed by atoms with Crippen LogP contribution in [0.2, 0.25) is 0 Å². The first-order valence-electron chi connectivity index (χ1n) is 6.29. The van der Waals surface area contributed by atoms with E-state index in [1.54, 1.807) is 6.07 Å². The third-order valence-electron chi connectivity index (χ3n) is 3.07. The van der Waals surface area contributed by atoms with Gasteiger partial charge in [0.1, 0.15) is 0 Å². The van der Waals surface area contributed by atoms with Crippen LogP contribution in [0.3, 0.4) is 0 Å². The Morgan fingerprint density at radius 2 is 1.84 bits per heavy atom. The van der Waals surface area contributed by atoms with Gasteiger partial charge in [0.25, 0.3) is 0 Å². The third-order valence-corrected chi connectivity index (χ3v) is 3.07. The summed E-state index contributed by atoms with van der Waals surface area (Å²) in [5.74, 6) is -1.02. The lowest BCUT2D eigenvalue weighted by molar-refractivity contribution is 0.0660. The zero-order chi connectivity index (χ0) is 13.7. The smallest absolute Gasteiger partial charge is 0.372 e. The van der Waals surface area contributed by atoms with Crippen LogP contribution in [-0.4, -0.2) is 11.1 Å². The number of hydrogen-bond acceptors (Lipinski definition) is 3. The number of furan rings is 1. The molecule has 1 aromatic heterocycles. The molecule has 0 aliphatic rings. The second-order valence-corrected chi connectivity index (χ2v) is 4.31. The Morgan fingerprint density at radius 3 is 2.53 bits per heavy atom. The minimum atomic E-state index is -1.03. The van der Waals surface area contributed by atoms with Crippen molar-refractivity contribution < 1.29 is 14.3 Å². The van der Waals surface area contributed by atoms with Gasteiger partial charge >= 0.3 is 5.97 Å². The third kappa shape index (κ3) is 3.23. The highest BCUT2D eigenvalue weighted by Crippen LogP contribution is 2.12. The molecule has 0 aliphatic carbocycles. The zero-order valence-corrected chi connectivity index (χ0v) is 10.8. The van der Waals surface area contributed by atoms with Crippen LogP contribution in [0, 0.1) is 0 Å². The lowest BCUT2D eigenvalue weighted by Gasteiger charge is -2.08. The molecule has 0 spiro atoms. The molecule has 1 aromatic carbocycles. The molecule has 0 fully saturated rings. The van der Waals surface area contributed by atoms with E-state index in [4.69, 9.17) is 9.52 Å². The van der Waals surface area contributed by atoms with Crippen LogP contribution in [0.15, 0.2) is 41.0 Å². The SMILES string of the molecule is CCc1ccccc1CNCc1ccoc1C(=O)O. The second kappa shape index (κ2) is 6.20. The summed E-state index contributed by atoms with van der Waals surface area (Å²) in [5, 5.41) is 12.2. The predicted octanol–water partition coefficient (Wildman–Crippen LogP) is 2.83. The molecule has 1 heterocycles. The molecular weight excluding hydrogens is 242 g/mol. The van der Waals surface area contributed by atoms with Crippen molar-refractivity contribution in [2.45, 2.75) is 26.4 Å². The highest BCUT2D eigenvalue weighted by atomic mass is 16.4. The van der Waals surface area contributed by atoms with Gasteiger partial charge in [0.05, 0.1) is 6.26 Å². The normalized spacial score (nSPS) is 10.6. The van der Waals surface area contributed by atoms with E-state index in [0.717, 1.165) is 6.42 Å². The molecule has 0 unspecified atom stereocenters. The minimum absolute atomic E-state index is 0.0104. The monoisotopic (exact) mass is 259 g/mol. The molecule has 4 nitrogen and oxygen atoms in total. The van der Waals surface area contributed by atoms with E-state index in [0.29, 0.717) is 18.7 Å². The maximum Gasteiger partial charge on any atom is 0.372 e. The van der Waals surface area contributed by atoms with Crippen LogP contribution in [0.5, 0.6) is 0 Å². The highest BCUT2D eigenvalue weighted by molar-refractivity contribution is 5.86. The molecule has 0 saturated carbocycles. The number of benzene rings is 1. The number of carbonyl (C=O) groups is 1. The van der Waals surface area contributed by atoms with Crippen molar-refractivity contribution in [1.82, 2.24) is 5.32 Å². The van der Waals surface area contributed by atoms with Crippen molar-refractivity contribution in [3.05, 3.63) is 59.0 Å². The molecule has 2 N–H and O–H groups in total. The molecule has 100 valence electrons. The quantitative estimate of drug-likeness (QED) is 0.837. The molecule has 19 heavy (non-hydrogen) atoms. The first kappa shape index (κ1) is 13.4. The number of rotatable bonds is 6. The fraction of sp³-hybridized carbons (Fsp3) is 0.267. The van der Waals surface area contributed by atoms with Crippen molar-refractivity contribution >= 4 is 5.97 Å². The van der Waals surface area contributed by atoms with Gasteiger partial charge < -0.3 is 14.8 Å². The summed E-state index contributed by atoms with van der Waals surface area (Å²) in [6, 6.07) is 9.91. The predicted molar refractivity (Wildman–Crippen MR) is 72.0 cm³/mol. The molecule has 0 radical (unpaired) electrons. The van der Waals surface area contributed by atoms with Crippen molar-refractivity contribution in [2.24, 2.45) is 0 Å². The first-order valence-corrected chi connectivity index (χ1v) is 6.29. The first-order chi connectivity index (χ1) is 9.22. The van der Waals surface area contributed by atoms with E-state index in [1.165, 1.54) is 17.4 Å². The number of nitrogens with one attached hydrogen (secondary N) is 1. The van der Waals surface area contributed by atoms with Gasteiger partial charge in [0, 0.05) is 18.7 Å². The Balaban J connectivity index is 1.96. The summed E-state index contributed by atoms with van der Waals surface area (Å²) < 4.78 is 4.93. The van der Waals surface area contributed by atoms with Gasteiger partial charge in [-0.25, -0.2) is 4.79 Å². The minimum Gasteiger partial charge on any atom is -0.475 e. The van der Waals surface area contributed by atoms with E-state index in [2.05, 4.69) is 24.4 Å². The summed E-state index contributed by atoms with van der Waals surface area (Å²) in [6.07, 6.45) is 2.39. The van der Waals surface area contributed by atoms with E-state index < -0.39 is 5.97 Å². The van der Waals surface area contributed by atoms with Crippen molar-refractivity contribution in [1.29, 1.82) is 0 Å². The summed E-state index contributed by atoms with van der Waals surface area (Å²) in [4.78, 5) is 10.9. The topological polar surface area (TPSA) is 62.5 Å². The van der Waals surface area contributed by atoms with Gasteiger partial charge in [0.2, 0.25) is 5.76 Å². The molecule has 4 heteroatoms. The lowest BCUT2D eigenvalue weighted by Crippen LogP contribution is -2.15. The van der Waals surface area contributed by atoms with Crippen LogP contribution >= 0.6 is 0 Å². The van der Waals surface area contributed by atoms with Gasteiger partial charge in [0.15, 0.2) is 0 Å². The molecule has 0 bridgehead atoms. The Morgan fingerprint density at radius 1 is 1.16 bits per heavy atom. The van der Waals surface area contributed by atoms with E-state index >= 15 is 0 Å². The molecular formula is C15H17NO3. The molecule has 0 atom stereocenters. The lowest BCUT2D eigenvalue weighted by atomic mass is 10.1. The average Bonchev–Trinajstić information content (AvgIpc) is 2.88. The summed E-state index contributed by atoms with van der Waals surface area (Å²) in [7, 11) is 0. The van der Waals surface area contributed by atoms with Crippen molar-refractivity contribution in [3.8, 4) is 0 Å². The maximum atomic E-state index is 10.9. The van der Waals surface area contributed by atoms with Gasteiger partial charge in [-0.1, -0.05) is 31.2 Å². The van der Waals surface area contributed by atoms with Crippen LogP contribution in [0.1, 0.15) is 34.2 Å². The number of hydrogen-bond donors (Lipinski definition) is 2. The molecule has 0 amide bonds. The Bertz CT molecular complexity index is 560. The van der Waals surface area contributed by atoms with Crippen LogP contribution < -0.4 is 5.32 Å². The Kier molecular flexibility index (Phi) is 4.36. The van der Waals surface area contributed by atoms with Gasteiger partial charge in [-0.15, -0.1) is 0 Å². The van der Waals surface area contributed by atoms with Crippen molar-refractivity contribution in [2.75, 3.05) is 0 Å². The molecule has 0 aliphatic heterocycles. The summed E-state index contributed by atoms with van der Waals surface area (Å²) in [5.41, 5.74) is 3.22. The molecule has 2 aromatic rings. The highest BCUT2D eigenvalue weighted by Gasteiger charge is 2.13. The number of aromatic carboxylic acids is 1. The van der Waals surface area contributed by atoms with E-state index in [-0.39, 0.29) is 5.76 Å². The fourth-order valence-corrected chi connectivity index (χ4v) is 2.07. The van der Waals surface area contributed by atoms with Gasteiger partial charge in [-0.3, -0.25) is 0 Å². The molecule has 0 saturated heterocycles. The summed E-state index contributed by atoms with van der Waals surface area (Å²) in [6.45, 7) is 3.32. The molecule has 2 rings (SSSR count). The fourth-order valence-electron chi connectivity index (χ4n) is 2.07. The van der Waals surface area contributed by atoms with E-state index in [1.807, 2.05) is 12.1 Å².